The molecule has 1 N–H and O–H groups in total. The van der Waals surface area contributed by atoms with E-state index in [1.165, 1.54) is 12.1 Å². The van der Waals surface area contributed by atoms with Gasteiger partial charge < -0.3 is 19.5 Å². The van der Waals surface area contributed by atoms with Crippen molar-refractivity contribution in [3.63, 3.8) is 0 Å². The van der Waals surface area contributed by atoms with Crippen LogP contribution in [0.5, 0.6) is 0 Å². The molecule has 1 aromatic carbocycles. The van der Waals surface area contributed by atoms with Gasteiger partial charge >= 0.3 is 6.03 Å². The molecule has 1 aliphatic heterocycles. The van der Waals surface area contributed by atoms with Crippen molar-refractivity contribution in [1.82, 2.24) is 20.4 Å². The molecule has 0 aliphatic carbocycles. The number of rotatable bonds is 6. The average molecular weight is 348 g/mol. The summed E-state index contributed by atoms with van der Waals surface area (Å²) in [6, 6.07) is 5.68. The van der Waals surface area contributed by atoms with Gasteiger partial charge in [-0.05, 0) is 37.1 Å². The van der Waals surface area contributed by atoms with Crippen molar-refractivity contribution in [3.8, 4) is 11.5 Å². The van der Waals surface area contributed by atoms with Crippen LogP contribution in [0, 0.1) is 5.82 Å². The van der Waals surface area contributed by atoms with E-state index < -0.39 is 0 Å². The lowest BCUT2D eigenvalue weighted by Gasteiger charge is -2.18. The quantitative estimate of drug-likeness (QED) is 0.866. The van der Waals surface area contributed by atoms with Gasteiger partial charge in [0.15, 0.2) is 5.82 Å². The Morgan fingerprint density at radius 3 is 2.92 bits per heavy atom. The highest BCUT2D eigenvalue weighted by molar-refractivity contribution is 5.73. The lowest BCUT2D eigenvalue weighted by Crippen LogP contribution is -2.41. The number of carbonyl (C=O) groups excluding carboxylic acids is 1. The van der Waals surface area contributed by atoms with Gasteiger partial charge in [-0.1, -0.05) is 5.16 Å². The fraction of sp³-hybridized carbons (Fsp3) is 0.471. The predicted octanol–water partition coefficient (Wildman–Crippen LogP) is 2.24. The summed E-state index contributed by atoms with van der Waals surface area (Å²) in [6.45, 7) is 1.75. The van der Waals surface area contributed by atoms with Crippen LogP contribution in [-0.4, -0.2) is 53.9 Å². The Morgan fingerprint density at radius 2 is 2.20 bits per heavy atom. The molecule has 0 saturated carbocycles. The largest absolute Gasteiger partial charge is 0.376 e. The van der Waals surface area contributed by atoms with Crippen LogP contribution in [-0.2, 0) is 11.2 Å². The van der Waals surface area contributed by atoms with Crippen molar-refractivity contribution in [1.29, 1.82) is 0 Å². The molecule has 1 atom stereocenters. The third kappa shape index (κ3) is 4.76. The normalized spacial score (nSPS) is 16.8. The topological polar surface area (TPSA) is 80.5 Å². The highest BCUT2D eigenvalue weighted by Crippen LogP contribution is 2.17. The Hall–Kier alpha value is -2.48. The molecule has 1 aliphatic rings. The van der Waals surface area contributed by atoms with Crippen molar-refractivity contribution in [2.75, 3.05) is 26.7 Å². The summed E-state index contributed by atoms with van der Waals surface area (Å²) in [5, 5.41) is 6.76. The summed E-state index contributed by atoms with van der Waals surface area (Å²) in [5.41, 5.74) is 0.655. The molecule has 2 heterocycles. The number of carbonyl (C=O) groups is 1. The van der Waals surface area contributed by atoms with Crippen LogP contribution in [0.1, 0.15) is 18.7 Å². The number of amides is 2. The summed E-state index contributed by atoms with van der Waals surface area (Å²) in [4.78, 5) is 17.9. The Kier molecular flexibility index (Phi) is 5.60. The van der Waals surface area contributed by atoms with Crippen LogP contribution in [0.15, 0.2) is 28.8 Å². The maximum Gasteiger partial charge on any atom is 0.317 e. The lowest BCUT2D eigenvalue weighted by molar-refractivity contribution is 0.109. The zero-order chi connectivity index (χ0) is 17.6. The fourth-order valence-electron chi connectivity index (χ4n) is 2.58. The van der Waals surface area contributed by atoms with E-state index in [9.17, 15) is 9.18 Å². The smallest absolute Gasteiger partial charge is 0.317 e. The zero-order valence-electron chi connectivity index (χ0n) is 14.1. The van der Waals surface area contributed by atoms with Crippen molar-refractivity contribution in [2.24, 2.45) is 0 Å². The first-order valence-electron chi connectivity index (χ1n) is 8.31. The number of hydrogen-bond acceptors (Lipinski definition) is 5. The van der Waals surface area contributed by atoms with Gasteiger partial charge in [-0.25, -0.2) is 9.18 Å². The molecule has 25 heavy (non-hydrogen) atoms. The number of halogens is 1. The maximum atomic E-state index is 12.9. The van der Waals surface area contributed by atoms with E-state index in [0.29, 0.717) is 36.8 Å². The summed E-state index contributed by atoms with van der Waals surface area (Å²) < 4.78 is 23.6. The summed E-state index contributed by atoms with van der Waals surface area (Å²) in [7, 11) is 1.71. The van der Waals surface area contributed by atoms with E-state index in [4.69, 9.17) is 9.26 Å². The molecular formula is C17H21FN4O3. The number of aromatic nitrogens is 2. The SMILES string of the molecule is CN(CCc1noc(-c2ccc(F)cc2)n1)C(=O)NCC1CCCO1. The van der Waals surface area contributed by atoms with E-state index in [1.807, 2.05) is 0 Å². The van der Waals surface area contributed by atoms with Crippen molar-refractivity contribution < 1.29 is 18.4 Å². The molecule has 2 amide bonds. The molecule has 0 spiro atoms. The minimum atomic E-state index is -0.320. The minimum absolute atomic E-state index is 0.118. The van der Waals surface area contributed by atoms with Gasteiger partial charge in [-0.15, -0.1) is 0 Å². The number of likely N-dealkylation sites (N-methyl/N-ethyl adjacent to an activating group) is 1. The monoisotopic (exact) mass is 348 g/mol. The van der Waals surface area contributed by atoms with Gasteiger partial charge in [0.1, 0.15) is 5.82 Å². The Morgan fingerprint density at radius 1 is 1.40 bits per heavy atom. The van der Waals surface area contributed by atoms with E-state index >= 15 is 0 Å². The van der Waals surface area contributed by atoms with E-state index in [1.54, 1.807) is 24.1 Å². The first-order chi connectivity index (χ1) is 12.1. The van der Waals surface area contributed by atoms with Crippen LogP contribution in [0.3, 0.4) is 0 Å². The van der Waals surface area contributed by atoms with Crippen molar-refractivity contribution in [2.45, 2.75) is 25.4 Å². The number of benzene rings is 1. The highest BCUT2D eigenvalue weighted by Gasteiger charge is 2.18. The number of hydrogen-bond donors (Lipinski definition) is 1. The first-order valence-corrected chi connectivity index (χ1v) is 8.31. The standard InChI is InChI=1S/C17H21FN4O3/c1-22(17(23)19-11-14-3-2-10-24-14)9-8-15-20-16(25-21-15)12-4-6-13(18)7-5-12/h4-7,14H,2-3,8-11H2,1H3,(H,19,23). The van der Waals surface area contributed by atoms with E-state index in [0.717, 1.165) is 19.4 Å². The molecule has 0 bridgehead atoms. The molecule has 7 nitrogen and oxygen atoms in total. The molecule has 1 fully saturated rings. The molecule has 8 heteroatoms. The van der Waals surface area contributed by atoms with Gasteiger partial charge in [-0.3, -0.25) is 0 Å². The maximum absolute atomic E-state index is 12.9. The zero-order valence-corrected chi connectivity index (χ0v) is 14.1. The Balaban J connectivity index is 1.46. The van der Waals surface area contributed by atoms with Crippen molar-refractivity contribution >= 4 is 6.03 Å². The van der Waals surface area contributed by atoms with Crippen LogP contribution < -0.4 is 5.32 Å². The van der Waals surface area contributed by atoms with Gasteiger partial charge in [0.05, 0.1) is 6.10 Å². The third-order valence-corrected chi connectivity index (χ3v) is 4.08. The van der Waals surface area contributed by atoms with Gasteiger partial charge in [0.25, 0.3) is 5.89 Å². The number of urea groups is 1. The third-order valence-electron chi connectivity index (χ3n) is 4.08. The van der Waals surface area contributed by atoms with Gasteiger partial charge in [-0.2, -0.15) is 4.98 Å². The lowest BCUT2D eigenvalue weighted by atomic mass is 10.2. The number of nitrogens with zero attached hydrogens (tertiary/aromatic N) is 3. The van der Waals surface area contributed by atoms with Crippen LogP contribution >= 0.6 is 0 Å². The summed E-state index contributed by atoms with van der Waals surface area (Å²) in [5.74, 6) is 0.512. The second-order valence-corrected chi connectivity index (χ2v) is 6.02. The van der Waals surface area contributed by atoms with Crippen LogP contribution in [0.4, 0.5) is 9.18 Å². The second-order valence-electron chi connectivity index (χ2n) is 6.02. The van der Waals surface area contributed by atoms with E-state index in [-0.39, 0.29) is 18.0 Å². The van der Waals surface area contributed by atoms with Crippen LogP contribution in [0.25, 0.3) is 11.5 Å². The molecular weight excluding hydrogens is 327 g/mol. The Labute approximate surface area is 145 Å². The molecule has 134 valence electrons. The average Bonchev–Trinajstić information content (AvgIpc) is 3.30. The predicted molar refractivity (Wildman–Crippen MR) is 88.4 cm³/mol. The Bertz CT molecular complexity index is 698. The molecule has 2 aromatic rings. The minimum Gasteiger partial charge on any atom is -0.376 e. The van der Waals surface area contributed by atoms with Gasteiger partial charge in [0.2, 0.25) is 0 Å². The molecule has 0 radical (unpaired) electrons. The fourth-order valence-corrected chi connectivity index (χ4v) is 2.58. The second kappa shape index (κ2) is 8.06. The summed E-state index contributed by atoms with van der Waals surface area (Å²) >= 11 is 0. The highest BCUT2D eigenvalue weighted by atomic mass is 19.1. The number of nitrogens with one attached hydrogen (secondary N) is 1. The molecule has 1 aromatic heterocycles. The molecule has 1 unspecified atom stereocenters. The van der Waals surface area contributed by atoms with Gasteiger partial charge in [0, 0.05) is 38.7 Å². The van der Waals surface area contributed by atoms with Crippen molar-refractivity contribution in [3.05, 3.63) is 35.9 Å². The van der Waals surface area contributed by atoms with Crippen LogP contribution in [0.2, 0.25) is 0 Å². The molecule has 3 rings (SSSR count). The first kappa shape index (κ1) is 17.3. The summed E-state index contributed by atoms with van der Waals surface area (Å²) in [6.07, 6.45) is 2.62. The number of ether oxygens (including phenoxy) is 1. The molecule has 1 saturated heterocycles. The van der Waals surface area contributed by atoms with E-state index in [2.05, 4.69) is 15.5 Å².